The molecule has 10 heteroatoms. The Bertz CT molecular complexity index is 1210. The molecule has 0 saturated heterocycles. The second kappa shape index (κ2) is 9.23. The van der Waals surface area contributed by atoms with Crippen LogP contribution >= 0.6 is 27.5 Å². The topological polar surface area (TPSA) is 97.6 Å². The predicted molar refractivity (Wildman–Crippen MR) is 123 cm³/mol. The molecule has 0 saturated carbocycles. The van der Waals surface area contributed by atoms with E-state index in [9.17, 15) is 4.79 Å². The molecular weight excluding hydrogens is 482 g/mol. The standard InChI is InChI=1S/C21H17BrClN7O/c1-30-12-17(11-27-30)29-21-25-8-15(9-26-21)14-4-2-13(3-5-14)6-19(31)28-16-7-18(22)20(23)24-10-16/h2-5,7-12H,6H2,1H3,(H,28,31)(H,25,26,29). The van der Waals surface area contributed by atoms with Crippen molar-refractivity contribution in [1.29, 1.82) is 0 Å². The molecule has 0 aliphatic rings. The molecule has 31 heavy (non-hydrogen) atoms. The number of halogens is 2. The predicted octanol–water partition coefficient (Wildman–Crippen LogP) is 4.61. The van der Waals surface area contributed by atoms with E-state index in [1.54, 1.807) is 29.3 Å². The summed E-state index contributed by atoms with van der Waals surface area (Å²) in [6, 6.07) is 9.41. The number of amides is 1. The first-order chi connectivity index (χ1) is 15.0. The summed E-state index contributed by atoms with van der Waals surface area (Å²) in [5.74, 6) is 0.353. The highest BCUT2D eigenvalue weighted by molar-refractivity contribution is 9.10. The number of nitrogens with zero attached hydrogens (tertiary/aromatic N) is 5. The quantitative estimate of drug-likeness (QED) is 0.377. The van der Waals surface area contributed by atoms with Crippen LogP contribution in [0.25, 0.3) is 11.1 Å². The summed E-state index contributed by atoms with van der Waals surface area (Å²) in [5, 5.41) is 10.3. The third-order valence-electron chi connectivity index (χ3n) is 4.34. The van der Waals surface area contributed by atoms with Gasteiger partial charge in [-0.3, -0.25) is 9.48 Å². The minimum atomic E-state index is -0.141. The van der Waals surface area contributed by atoms with Crippen molar-refractivity contribution in [3.05, 3.63) is 76.5 Å². The molecule has 4 rings (SSSR count). The first kappa shape index (κ1) is 21.0. The summed E-state index contributed by atoms with van der Waals surface area (Å²) in [7, 11) is 1.84. The van der Waals surface area contributed by atoms with Gasteiger partial charge in [0.2, 0.25) is 11.9 Å². The Labute approximate surface area is 191 Å². The van der Waals surface area contributed by atoms with Gasteiger partial charge in [0, 0.05) is 31.2 Å². The van der Waals surface area contributed by atoms with E-state index in [0.717, 1.165) is 22.4 Å². The van der Waals surface area contributed by atoms with Gasteiger partial charge in [-0.2, -0.15) is 5.10 Å². The van der Waals surface area contributed by atoms with Crippen LogP contribution in [-0.4, -0.2) is 30.6 Å². The zero-order valence-electron chi connectivity index (χ0n) is 16.4. The third-order valence-corrected chi connectivity index (χ3v) is 5.48. The lowest BCUT2D eigenvalue weighted by Gasteiger charge is -2.07. The fourth-order valence-electron chi connectivity index (χ4n) is 2.85. The first-order valence-corrected chi connectivity index (χ1v) is 10.4. The molecule has 1 amide bonds. The lowest BCUT2D eigenvalue weighted by Crippen LogP contribution is -2.14. The van der Waals surface area contributed by atoms with E-state index in [4.69, 9.17) is 11.6 Å². The van der Waals surface area contributed by atoms with Crippen LogP contribution in [0.15, 0.2) is 65.8 Å². The van der Waals surface area contributed by atoms with E-state index in [1.165, 1.54) is 6.20 Å². The Hall–Kier alpha value is -3.30. The van der Waals surface area contributed by atoms with Crippen molar-refractivity contribution in [3.8, 4) is 11.1 Å². The Balaban J connectivity index is 1.37. The molecular formula is C21H17BrClN7O. The van der Waals surface area contributed by atoms with E-state index in [-0.39, 0.29) is 12.3 Å². The summed E-state index contributed by atoms with van der Waals surface area (Å²) >= 11 is 9.16. The van der Waals surface area contributed by atoms with E-state index >= 15 is 0 Å². The molecule has 0 unspecified atom stereocenters. The summed E-state index contributed by atoms with van der Waals surface area (Å²) < 4.78 is 2.32. The monoisotopic (exact) mass is 497 g/mol. The van der Waals surface area contributed by atoms with Crippen LogP contribution in [0.2, 0.25) is 5.15 Å². The van der Waals surface area contributed by atoms with Crippen LogP contribution in [0.4, 0.5) is 17.3 Å². The molecule has 0 fully saturated rings. The van der Waals surface area contributed by atoms with Gasteiger partial charge < -0.3 is 10.6 Å². The van der Waals surface area contributed by atoms with Gasteiger partial charge in [0.15, 0.2) is 0 Å². The van der Waals surface area contributed by atoms with Gasteiger partial charge in [0.05, 0.1) is 34.7 Å². The van der Waals surface area contributed by atoms with Crippen molar-refractivity contribution in [2.24, 2.45) is 7.05 Å². The molecule has 3 aromatic heterocycles. The maximum atomic E-state index is 12.3. The highest BCUT2D eigenvalue weighted by Gasteiger charge is 2.08. The number of anilines is 3. The van der Waals surface area contributed by atoms with E-state index < -0.39 is 0 Å². The second-order valence-electron chi connectivity index (χ2n) is 6.74. The number of carbonyl (C=O) groups excluding carboxylic acids is 1. The van der Waals surface area contributed by atoms with Crippen LogP contribution in [0, 0.1) is 0 Å². The van der Waals surface area contributed by atoms with E-state index in [1.807, 2.05) is 37.5 Å². The van der Waals surface area contributed by atoms with Crippen LogP contribution in [0.1, 0.15) is 5.56 Å². The number of aryl methyl sites for hydroxylation is 1. The Kier molecular flexibility index (Phi) is 6.24. The fraction of sp³-hybridized carbons (Fsp3) is 0.0952. The second-order valence-corrected chi connectivity index (χ2v) is 7.95. The SMILES string of the molecule is Cn1cc(Nc2ncc(-c3ccc(CC(=O)Nc4cnc(Cl)c(Br)c4)cc3)cn2)cn1. The van der Waals surface area contributed by atoms with Gasteiger partial charge in [0.1, 0.15) is 5.15 Å². The average Bonchev–Trinajstić information content (AvgIpc) is 3.16. The van der Waals surface area contributed by atoms with Gasteiger partial charge in [-0.05, 0) is 33.1 Å². The zero-order chi connectivity index (χ0) is 21.8. The van der Waals surface area contributed by atoms with Crippen molar-refractivity contribution < 1.29 is 4.79 Å². The van der Waals surface area contributed by atoms with Crippen LogP contribution in [0.5, 0.6) is 0 Å². The minimum absolute atomic E-state index is 0.141. The van der Waals surface area contributed by atoms with E-state index in [0.29, 0.717) is 21.3 Å². The smallest absolute Gasteiger partial charge is 0.228 e. The van der Waals surface area contributed by atoms with Crippen molar-refractivity contribution in [2.75, 3.05) is 10.6 Å². The number of aromatic nitrogens is 5. The summed E-state index contributed by atoms with van der Waals surface area (Å²) in [6.45, 7) is 0. The van der Waals surface area contributed by atoms with Crippen molar-refractivity contribution in [2.45, 2.75) is 6.42 Å². The van der Waals surface area contributed by atoms with Gasteiger partial charge in [-0.15, -0.1) is 0 Å². The van der Waals surface area contributed by atoms with Gasteiger partial charge in [-0.25, -0.2) is 15.0 Å². The molecule has 0 aliphatic carbocycles. The number of pyridine rings is 1. The Morgan fingerprint density at radius 3 is 2.42 bits per heavy atom. The molecule has 0 atom stereocenters. The summed E-state index contributed by atoms with van der Waals surface area (Å²) in [6.07, 6.45) is 8.80. The largest absolute Gasteiger partial charge is 0.324 e. The Morgan fingerprint density at radius 1 is 1.03 bits per heavy atom. The highest BCUT2D eigenvalue weighted by atomic mass is 79.9. The number of benzene rings is 1. The zero-order valence-corrected chi connectivity index (χ0v) is 18.7. The molecule has 2 N–H and O–H groups in total. The van der Waals surface area contributed by atoms with E-state index in [2.05, 4.69) is 46.6 Å². The number of rotatable bonds is 6. The number of nitrogens with one attached hydrogen (secondary N) is 2. The average molecular weight is 499 g/mol. The lowest BCUT2D eigenvalue weighted by molar-refractivity contribution is -0.115. The Morgan fingerprint density at radius 2 is 1.77 bits per heavy atom. The molecule has 156 valence electrons. The lowest BCUT2D eigenvalue weighted by atomic mass is 10.1. The maximum absolute atomic E-state index is 12.3. The maximum Gasteiger partial charge on any atom is 0.228 e. The van der Waals surface area contributed by atoms with Crippen molar-refractivity contribution >= 4 is 50.8 Å². The molecule has 0 bridgehead atoms. The summed E-state index contributed by atoms with van der Waals surface area (Å²) in [4.78, 5) is 25.0. The molecule has 8 nitrogen and oxygen atoms in total. The fourth-order valence-corrected chi connectivity index (χ4v) is 3.30. The van der Waals surface area contributed by atoms with Gasteiger partial charge in [-0.1, -0.05) is 35.9 Å². The van der Waals surface area contributed by atoms with Crippen LogP contribution < -0.4 is 10.6 Å². The number of carbonyl (C=O) groups is 1. The van der Waals surface area contributed by atoms with Gasteiger partial charge >= 0.3 is 0 Å². The number of hydrogen-bond donors (Lipinski definition) is 2. The van der Waals surface area contributed by atoms with Crippen LogP contribution in [0.3, 0.4) is 0 Å². The van der Waals surface area contributed by atoms with Crippen molar-refractivity contribution in [3.63, 3.8) is 0 Å². The molecule has 1 aromatic carbocycles. The molecule has 0 aliphatic heterocycles. The third kappa shape index (κ3) is 5.44. The minimum Gasteiger partial charge on any atom is -0.324 e. The molecule has 0 spiro atoms. The highest BCUT2D eigenvalue weighted by Crippen LogP contribution is 2.23. The number of hydrogen-bond acceptors (Lipinski definition) is 6. The van der Waals surface area contributed by atoms with Gasteiger partial charge in [0.25, 0.3) is 0 Å². The molecule has 3 heterocycles. The normalized spacial score (nSPS) is 10.7. The van der Waals surface area contributed by atoms with Crippen LogP contribution in [-0.2, 0) is 18.3 Å². The first-order valence-electron chi connectivity index (χ1n) is 9.24. The summed E-state index contributed by atoms with van der Waals surface area (Å²) in [5.41, 5.74) is 4.13. The molecule has 0 radical (unpaired) electrons. The van der Waals surface area contributed by atoms with Crippen molar-refractivity contribution in [1.82, 2.24) is 24.7 Å². The molecule has 4 aromatic rings.